The minimum atomic E-state index is -0.619. The third kappa shape index (κ3) is 5.39. The van der Waals surface area contributed by atoms with E-state index >= 15 is 0 Å². The third-order valence-corrected chi connectivity index (χ3v) is 6.88. The standard InChI is InChI=1S/C26H32N2O7S/c1-7-28-19-11-10-17(33-8-2)14-18(19)15(4)21(28)23(29)27-24-20(25(30)34-9-3)16(5)22(36-24)26(31)35-13-12-32-6/h10-11,14H,7-9,12-13H2,1-6H3,(H,27,29). The van der Waals surface area contributed by atoms with E-state index in [1.165, 1.54) is 7.11 Å². The van der Waals surface area contributed by atoms with Gasteiger partial charge in [0.05, 0.1) is 25.4 Å². The summed E-state index contributed by atoms with van der Waals surface area (Å²) in [4.78, 5) is 39.2. The maximum atomic E-state index is 13.6. The van der Waals surface area contributed by atoms with E-state index in [0.29, 0.717) is 24.4 Å². The predicted octanol–water partition coefficient (Wildman–Crippen LogP) is 4.97. The van der Waals surface area contributed by atoms with Gasteiger partial charge in [0.2, 0.25) is 0 Å². The number of aryl methyl sites for hydroxylation is 2. The van der Waals surface area contributed by atoms with E-state index in [1.807, 2.05) is 43.5 Å². The second-order valence-electron chi connectivity index (χ2n) is 7.89. The Hall–Kier alpha value is -3.37. The van der Waals surface area contributed by atoms with Crippen molar-refractivity contribution in [3.63, 3.8) is 0 Å². The Morgan fingerprint density at radius 3 is 2.36 bits per heavy atom. The molecule has 0 aliphatic heterocycles. The van der Waals surface area contributed by atoms with Gasteiger partial charge in [-0.25, -0.2) is 9.59 Å². The minimum absolute atomic E-state index is 0.0721. The van der Waals surface area contributed by atoms with Crippen LogP contribution in [0.1, 0.15) is 62.4 Å². The van der Waals surface area contributed by atoms with Crippen LogP contribution in [0.25, 0.3) is 10.9 Å². The van der Waals surface area contributed by atoms with Gasteiger partial charge in [0.1, 0.15) is 27.9 Å². The van der Waals surface area contributed by atoms with Gasteiger partial charge in [0.15, 0.2) is 0 Å². The molecule has 0 bridgehead atoms. The van der Waals surface area contributed by atoms with Crippen LogP contribution in [0.4, 0.5) is 5.00 Å². The minimum Gasteiger partial charge on any atom is -0.494 e. The summed E-state index contributed by atoms with van der Waals surface area (Å²) in [5.74, 6) is -0.882. The Morgan fingerprint density at radius 2 is 1.72 bits per heavy atom. The number of ether oxygens (including phenoxy) is 4. The van der Waals surface area contributed by atoms with Crippen LogP contribution in [0.3, 0.4) is 0 Å². The fourth-order valence-electron chi connectivity index (χ4n) is 4.07. The van der Waals surface area contributed by atoms with Gasteiger partial charge in [-0.05, 0) is 63.9 Å². The molecule has 0 saturated heterocycles. The average molecular weight is 517 g/mol. The van der Waals surface area contributed by atoms with E-state index < -0.39 is 17.8 Å². The van der Waals surface area contributed by atoms with E-state index in [4.69, 9.17) is 18.9 Å². The summed E-state index contributed by atoms with van der Waals surface area (Å²) in [6.07, 6.45) is 0. The van der Waals surface area contributed by atoms with Crippen molar-refractivity contribution >= 4 is 45.1 Å². The smallest absolute Gasteiger partial charge is 0.348 e. The molecule has 3 rings (SSSR count). The number of carbonyl (C=O) groups excluding carboxylic acids is 3. The van der Waals surface area contributed by atoms with Gasteiger partial charge in [-0.1, -0.05) is 0 Å². The lowest BCUT2D eigenvalue weighted by Gasteiger charge is -2.10. The van der Waals surface area contributed by atoms with Crippen LogP contribution in [0.5, 0.6) is 5.75 Å². The number of nitrogens with zero attached hydrogens (tertiary/aromatic N) is 1. The number of nitrogens with one attached hydrogen (secondary N) is 1. The molecule has 0 fully saturated rings. The zero-order valence-corrected chi connectivity index (χ0v) is 22.3. The SMILES string of the molecule is CCOC(=O)c1c(NC(=O)c2c(C)c3cc(OCC)ccc3n2CC)sc(C(=O)OCCOC)c1C. The predicted molar refractivity (Wildman–Crippen MR) is 139 cm³/mol. The number of anilines is 1. The van der Waals surface area contributed by atoms with Crippen LogP contribution >= 0.6 is 11.3 Å². The quantitative estimate of drug-likeness (QED) is 0.283. The van der Waals surface area contributed by atoms with Crippen molar-refractivity contribution in [3.8, 4) is 5.75 Å². The highest BCUT2D eigenvalue weighted by Gasteiger charge is 2.29. The Labute approximate surface area is 214 Å². The van der Waals surface area contributed by atoms with Crippen molar-refractivity contribution in [2.45, 2.75) is 41.2 Å². The molecule has 0 aliphatic carbocycles. The Bertz CT molecular complexity index is 1280. The maximum absolute atomic E-state index is 13.6. The zero-order chi connectivity index (χ0) is 26.4. The Kier molecular flexibility index (Phi) is 9.11. The molecule has 0 radical (unpaired) electrons. The highest BCUT2D eigenvalue weighted by Crippen LogP contribution is 2.36. The number of amides is 1. The topological polar surface area (TPSA) is 105 Å². The number of hydrogen-bond donors (Lipinski definition) is 1. The number of aromatic nitrogens is 1. The molecular formula is C26H32N2O7S. The molecule has 0 saturated carbocycles. The number of hydrogen-bond acceptors (Lipinski definition) is 8. The number of rotatable bonds is 11. The van der Waals surface area contributed by atoms with E-state index in [2.05, 4.69) is 5.32 Å². The number of carbonyl (C=O) groups is 3. The lowest BCUT2D eigenvalue weighted by Crippen LogP contribution is -2.19. The summed E-state index contributed by atoms with van der Waals surface area (Å²) < 4.78 is 22.9. The van der Waals surface area contributed by atoms with Crippen LogP contribution in [-0.4, -0.2) is 56.0 Å². The van der Waals surface area contributed by atoms with Crippen molar-refractivity contribution in [1.29, 1.82) is 0 Å². The van der Waals surface area contributed by atoms with Crippen molar-refractivity contribution in [1.82, 2.24) is 4.57 Å². The first-order valence-corrected chi connectivity index (χ1v) is 12.6. The molecule has 1 N–H and O–H groups in total. The van der Waals surface area contributed by atoms with Crippen LogP contribution in [-0.2, 0) is 20.8 Å². The van der Waals surface area contributed by atoms with Crippen molar-refractivity contribution in [2.75, 3.05) is 38.9 Å². The molecule has 3 aromatic rings. The molecule has 1 aromatic carbocycles. The third-order valence-electron chi connectivity index (χ3n) is 5.69. The van der Waals surface area contributed by atoms with Gasteiger partial charge in [-0.15, -0.1) is 11.3 Å². The zero-order valence-electron chi connectivity index (χ0n) is 21.5. The van der Waals surface area contributed by atoms with Crippen molar-refractivity contribution < 1.29 is 33.3 Å². The largest absolute Gasteiger partial charge is 0.494 e. The second-order valence-corrected chi connectivity index (χ2v) is 8.91. The monoisotopic (exact) mass is 516 g/mol. The molecule has 0 unspecified atom stereocenters. The van der Waals surface area contributed by atoms with Crippen molar-refractivity contribution in [2.24, 2.45) is 0 Å². The van der Waals surface area contributed by atoms with Crippen molar-refractivity contribution in [3.05, 3.63) is 45.5 Å². The highest BCUT2D eigenvalue weighted by molar-refractivity contribution is 7.18. The van der Waals surface area contributed by atoms with E-state index in [1.54, 1.807) is 13.8 Å². The first kappa shape index (κ1) is 27.2. The van der Waals surface area contributed by atoms with E-state index in [9.17, 15) is 14.4 Å². The molecule has 9 nitrogen and oxygen atoms in total. The Balaban J connectivity index is 2.03. The first-order chi connectivity index (χ1) is 17.3. The summed E-state index contributed by atoms with van der Waals surface area (Å²) in [5, 5.41) is 4.00. The maximum Gasteiger partial charge on any atom is 0.348 e. The van der Waals surface area contributed by atoms with Crippen LogP contribution in [0.15, 0.2) is 18.2 Å². The number of fused-ring (bicyclic) bond motifs is 1. The molecular weight excluding hydrogens is 484 g/mol. The highest BCUT2D eigenvalue weighted by atomic mass is 32.1. The van der Waals surface area contributed by atoms with Gasteiger partial charge in [-0.2, -0.15) is 0 Å². The number of thiophene rings is 1. The summed E-state index contributed by atoms with van der Waals surface area (Å²) >= 11 is 0.987. The number of methoxy groups -OCH3 is 1. The van der Waals surface area contributed by atoms with Gasteiger partial charge in [0.25, 0.3) is 5.91 Å². The first-order valence-electron chi connectivity index (χ1n) is 11.8. The average Bonchev–Trinajstić information content (AvgIpc) is 3.32. The molecule has 36 heavy (non-hydrogen) atoms. The Morgan fingerprint density at radius 1 is 0.972 bits per heavy atom. The lowest BCUT2D eigenvalue weighted by molar-refractivity contribution is 0.0392. The summed E-state index contributed by atoms with van der Waals surface area (Å²) in [5.41, 5.74) is 2.69. The summed E-state index contributed by atoms with van der Waals surface area (Å²) in [7, 11) is 1.51. The molecule has 10 heteroatoms. The van der Waals surface area contributed by atoms with Gasteiger partial charge in [-0.3, -0.25) is 4.79 Å². The molecule has 194 valence electrons. The van der Waals surface area contributed by atoms with Crippen LogP contribution in [0, 0.1) is 13.8 Å². The fraction of sp³-hybridized carbons (Fsp3) is 0.423. The van der Waals surface area contributed by atoms with Gasteiger partial charge < -0.3 is 28.8 Å². The fourth-order valence-corrected chi connectivity index (χ4v) is 5.15. The second kappa shape index (κ2) is 12.0. The van der Waals surface area contributed by atoms with Crippen LogP contribution in [0.2, 0.25) is 0 Å². The molecule has 2 heterocycles. The molecule has 1 amide bonds. The van der Waals surface area contributed by atoms with Gasteiger partial charge in [0, 0.05) is 24.6 Å². The summed E-state index contributed by atoms with van der Waals surface area (Å²) in [6, 6.07) is 5.73. The molecule has 0 aliphatic rings. The normalized spacial score (nSPS) is 10.9. The summed E-state index contributed by atoms with van der Waals surface area (Å²) in [6.45, 7) is 10.6. The lowest BCUT2D eigenvalue weighted by atomic mass is 10.1. The van der Waals surface area contributed by atoms with E-state index in [0.717, 1.165) is 33.6 Å². The van der Waals surface area contributed by atoms with Crippen LogP contribution < -0.4 is 10.1 Å². The molecule has 0 spiro atoms. The number of esters is 2. The molecule has 0 atom stereocenters. The number of benzene rings is 1. The van der Waals surface area contributed by atoms with E-state index in [-0.39, 0.29) is 35.3 Å². The molecule has 2 aromatic heterocycles. The van der Waals surface area contributed by atoms with Gasteiger partial charge >= 0.3 is 11.9 Å².